The van der Waals surface area contributed by atoms with Crippen molar-refractivity contribution in [2.24, 2.45) is 5.10 Å². The fraction of sp³-hybridized carbons (Fsp3) is 0.286. The molecule has 1 N–H and O–H groups in total. The maximum atomic E-state index is 12.2. The third-order valence-corrected chi connectivity index (χ3v) is 5.64. The number of ether oxygens (including phenoxy) is 3. The average molecular weight is 495 g/mol. The normalized spacial score (nSPS) is 11.8. The smallest absolute Gasteiger partial charge is 0.271 e. The van der Waals surface area contributed by atoms with Gasteiger partial charge in [0.15, 0.2) is 11.5 Å². The summed E-state index contributed by atoms with van der Waals surface area (Å²) in [6.07, 6.45) is 2.65. The van der Waals surface area contributed by atoms with E-state index in [4.69, 9.17) is 25.8 Å². The lowest BCUT2D eigenvalue weighted by Crippen LogP contribution is -2.17. The molecular weight excluding hydrogens is 464 g/mol. The molecule has 0 aliphatic rings. The van der Waals surface area contributed by atoms with Gasteiger partial charge < -0.3 is 14.2 Å². The van der Waals surface area contributed by atoms with E-state index in [2.05, 4.69) is 36.5 Å². The number of carbonyl (C=O) groups excluding carboxylic acids is 1. The zero-order valence-electron chi connectivity index (χ0n) is 20.3. The van der Waals surface area contributed by atoms with Crippen molar-refractivity contribution >= 4 is 23.7 Å². The maximum absolute atomic E-state index is 12.2. The molecule has 1 amide bonds. The Morgan fingerprint density at radius 1 is 0.971 bits per heavy atom. The number of halogens is 1. The van der Waals surface area contributed by atoms with Crippen LogP contribution < -0.4 is 19.6 Å². The van der Waals surface area contributed by atoms with Crippen molar-refractivity contribution in [3.8, 4) is 17.2 Å². The fourth-order valence-corrected chi connectivity index (χ4v) is 3.48. The molecule has 0 aliphatic carbocycles. The molecule has 0 saturated carbocycles. The second kappa shape index (κ2) is 13.4. The molecule has 0 aromatic heterocycles. The third-order valence-electron chi connectivity index (χ3n) is 5.41. The van der Waals surface area contributed by atoms with E-state index in [-0.39, 0.29) is 5.91 Å². The topological polar surface area (TPSA) is 69.2 Å². The van der Waals surface area contributed by atoms with Crippen molar-refractivity contribution in [2.45, 2.75) is 33.1 Å². The first-order valence-electron chi connectivity index (χ1n) is 11.7. The van der Waals surface area contributed by atoms with Crippen molar-refractivity contribution in [1.29, 1.82) is 0 Å². The highest BCUT2D eigenvalue weighted by molar-refractivity contribution is 6.30. The summed E-state index contributed by atoms with van der Waals surface area (Å²) in [6.45, 7) is 7.57. The van der Waals surface area contributed by atoms with Gasteiger partial charge in [0.1, 0.15) is 19.0 Å². The average Bonchev–Trinajstić information content (AvgIpc) is 2.87. The molecule has 6 nitrogen and oxygen atoms in total. The van der Waals surface area contributed by atoms with Gasteiger partial charge >= 0.3 is 0 Å². The number of carbonyl (C=O) groups is 1. The monoisotopic (exact) mass is 494 g/mol. The molecule has 184 valence electrons. The van der Waals surface area contributed by atoms with Crippen LogP contribution in [0.5, 0.6) is 17.2 Å². The summed E-state index contributed by atoms with van der Waals surface area (Å²) in [7, 11) is 0. The Kier molecular flexibility index (Phi) is 9.99. The predicted molar refractivity (Wildman–Crippen MR) is 140 cm³/mol. The molecule has 0 fully saturated rings. The number of benzene rings is 3. The Morgan fingerprint density at radius 3 is 2.46 bits per heavy atom. The number of nitrogens with zero attached hydrogens (tertiary/aromatic N) is 1. The molecule has 0 aliphatic heterocycles. The second-order valence-corrected chi connectivity index (χ2v) is 8.36. The van der Waals surface area contributed by atoms with Gasteiger partial charge in [0.2, 0.25) is 0 Å². The highest BCUT2D eigenvalue weighted by Gasteiger charge is 2.08. The fourth-order valence-electron chi connectivity index (χ4n) is 3.29. The molecule has 1 atom stereocenters. The minimum Gasteiger partial charge on any atom is -0.490 e. The number of rotatable bonds is 12. The molecule has 0 spiro atoms. The van der Waals surface area contributed by atoms with Gasteiger partial charge in [0, 0.05) is 10.6 Å². The maximum Gasteiger partial charge on any atom is 0.271 e. The summed E-state index contributed by atoms with van der Waals surface area (Å²) < 4.78 is 17.4. The van der Waals surface area contributed by atoms with E-state index >= 15 is 0 Å². The molecule has 0 unspecified atom stereocenters. The summed E-state index contributed by atoms with van der Waals surface area (Å²) in [6, 6.07) is 20.3. The molecule has 3 aromatic carbocycles. The zero-order valence-corrected chi connectivity index (χ0v) is 21.0. The van der Waals surface area contributed by atoms with Crippen LogP contribution in [0.15, 0.2) is 71.8 Å². The highest BCUT2D eigenvalue weighted by Crippen LogP contribution is 2.28. The molecule has 35 heavy (non-hydrogen) atoms. The van der Waals surface area contributed by atoms with Gasteiger partial charge in [0.25, 0.3) is 5.91 Å². The Hall–Kier alpha value is -3.51. The third kappa shape index (κ3) is 8.04. The largest absolute Gasteiger partial charge is 0.490 e. The van der Waals surface area contributed by atoms with Gasteiger partial charge in [-0.1, -0.05) is 43.6 Å². The summed E-state index contributed by atoms with van der Waals surface area (Å²) in [5.41, 5.74) is 4.99. The zero-order chi connectivity index (χ0) is 25.0. The molecule has 0 saturated heterocycles. The van der Waals surface area contributed by atoms with Crippen molar-refractivity contribution in [3.05, 3.63) is 88.4 Å². The number of amides is 1. The van der Waals surface area contributed by atoms with Crippen molar-refractivity contribution in [2.75, 3.05) is 19.8 Å². The van der Waals surface area contributed by atoms with Gasteiger partial charge in [-0.15, -0.1) is 0 Å². The van der Waals surface area contributed by atoms with E-state index in [0.29, 0.717) is 47.8 Å². The quantitative estimate of drug-likeness (QED) is 0.178. The van der Waals surface area contributed by atoms with Gasteiger partial charge in [-0.25, -0.2) is 5.43 Å². The Balaban J connectivity index is 1.52. The predicted octanol–water partition coefficient (Wildman–Crippen LogP) is 6.47. The van der Waals surface area contributed by atoms with Crippen molar-refractivity contribution < 1.29 is 19.0 Å². The van der Waals surface area contributed by atoms with Crippen LogP contribution in [0, 0.1) is 0 Å². The first-order valence-corrected chi connectivity index (χ1v) is 12.1. The van der Waals surface area contributed by atoms with Gasteiger partial charge in [-0.2, -0.15) is 5.10 Å². The minimum atomic E-state index is -0.344. The number of hydrogen-bond donors (Lipinski definition) is 1. The van der Waals surface area contributed by atoms with E-state index in [0.717, 1.165) is 17.7 Å². The van der Waals surface area contributed by atoms with E-state index in [9.17, 15) is 4.79 Å². The van der Waals surface area contributed by atoms with E-state index < -0.39 is 0 Å². The van der Waals surface area contributed by atoms with Crippen LogP contribution in [0.2, 0.25) is 5.02 Å². The van der Waals surface area contributed by atoms with Crippen LogP contribution in [-0.4, -0.2) is 31.9 Å². The number of nitrogens with one attached hydrogen (secondary N) is 1. The first kappa shape index (κ1) is 26.1. The van der Waals surface area contributed by atoms with Crippen LogP contribution in [0.25, 0.3) is 0 Å². The SMILES string of the molecule is CCOc1cc(/C=N\NC(=O)c2cccc(Cl)c2)ccc1OCCOc1ccc([C@H](C)CC)cc1. The number of hydrogen-bond acceptors (Lipinski definition) is 5. The molecule has 0 bridgehead atoms. The van der Waals surface area contributed by atoms with Gasteiger partial charge in [0.05, 0.1) is 12.8 Å². The molecule has 0 radical (unpaired) electrons. The summed E-state index contributed by atoms with van der Waals surface area (Å²) in [5.74, 6) is 2.22. The molecule has 7 heteroatoms. The standard InChI is InChI=1S/C28H31ClN2O4/c1-4-20(3)22-10-12-25(13-11-22)34-15-16-35-26-14-9-21(17-27(26)33-5-2)19-30-31-28(32)23-7-6-8-24(29)18-23/h6-14,17-20H,4-5,15-16H2,1-3H3,(H,31,32)/b30-19-/t20-/m1/s1. The van der Waals surface area contributed by atoms with Crippen LogP contribution in [0.1, 0.15) is 54.6 Å². The molecule has 3 aromatic rings. The van der Waals surface area contributed by atoms with Crippen molar-refractivity contribution in [3.63, 3.8) is 0 Å². The highest BCUT2D eigenvalue weighted by atomic mass is 35.5. The van der Waals surface area contributed by atoms with Crippen LogP contribution in [0.4, 0.5) is 0 Å². The second-order valence-electron chi connectivity index (χ2n) is 7.92. The van der Waals surface area contributed by atoms with Crippen LogP contribution >= 0.6 is 11.6 Å². The first-order chi connectivity index (χ1) is 17.0. The lowest BCUT2D eigenvalue weighted by Gasteiger charge is -2.14. The van der Waals surface area contributed by atoms with Crippen LogP contribution in [-0.2, 0) is 0 Å². The van der Waals surface area contributed by atoms with E-state index in [1.165, 1.54) is 5.56 Å². The minimum absolute atomic E-state index is 0.344. The lowest BCUT2D eigenvalue weighted by atomic mass is 9.99. The summed E-state index contributed by atoms with van der Waals surface area (Å²) in [5, 5.41) is 4.52. The molecule has 0 heterocycles. The molecule has 3 rings (SSSR count). The Morgan fingerprint density at radius 2 is 1.74 bits per heavy atom. The van der Waals surface area contributed by atoms with Gasteiger partial charge in [-0.05, 0) is 78.9 Å². The lowest BCUT2D eigenvalue weighted by molar-refractivity contribution is 0.0955. The van der Waals surface area contributed by atoms with Crippen LogP contribution in [0.3, 0.4) is 0 Å². The summed E-state index contributed by atoms with van der Waals surface area (Å²) in [4.78, 5) is 12.2. The Labute approximate surface area is 211 Å². The summed E-state index contributed by atoms with van der Waals surface area (Å²) >= 11 is 5.93. The van der Waals surface area contributed by atoms with E-state index in [1.807, 2.05) is 37.3 Å². The number of hydrazone groups is 1. The van der Waals surface area contributed by atoms with E-state index in [1.54, 1.807) is 30.5 Å². The van der Waals surface area contributed by atoms with Crippen molar-refractivity contribution in [1.82, 2.24) is 5.43 Å². The van der Waals surface area contributed by atoms with Gasteiger partial charge in [-0.3, -0.25) is 4.79 Å². The molecular formula is C28H31ClN2O4. The Bertz CT molecular complexity index is 1130.